The summed E-state index contributed by atoms with van der Waals surface area (Å²) in [6, 6.07) is 13.3. The second-order valence-electron chi connectivity index (χ2n) is 6.24. The summed E-state index contributed by atoms with van der Waals surface area (Å²) < 4.78 is 10.9. The number of fused-ring (bicyclic) bond motifs is 1. The topological polar surface area (TPSA) is 69.2 Å². The molecule has 0 fully saturated rings. The van der Waals surface area contributed by atoms with Gasteiger partial charge in [0, 0.05) is 11.8 Å². The van der Waals surface area contributed by atoms with E-state index in [1.807, 2.05) is 12.1 Å². The third kappa shape index (κ3) is 4.75. The van der Waals surface area contributed by atoms with Crippen LogP contribution in [-0.4, -0.2) is 31.9 Å². The molecule has 1 N–H and O–H groups in total. The van der Waals surface area contributed by atoms with Gasteiger partial charge in [-0.15, -0.1) is 0 Å². The van der Waals surface area contributed by atoms with E-state index in [4.69, 9.17) is 14.3 Å². The SMILES string of the molecule is CC(C)c1ccc(/C=N\OCC(=O)Nc2ccc3c(c2)OCCO3)cc1. The highest BCUT2D eigenvalue weighted by atomic mass is 16.6. The predicted molar refractivity (Wildman–Crippen MR) is 100 cm³/mol. The molecule has 2 aromatic rings. The van der Waals surface area contributed by atoms with E-state index in [0.717, 1.165) is 5.56 Å². The van der Waals surface area contributed by atoms with Crippen molar-refractivity contribution in [2.24, 2.45) is 5.16 Å². The number of rotatable bonds is 6. The maximum Gasteiger partial charge on any atom is 0.265 e. The van der Waals surface area contributed by atoms with Gasteiger partial charge in [-0.1, -0.05) is 43.3 Å². The van der Waals surface area contributed by atoms with Crippen LogP contribution in [0.4, 0.5) is 5.69 Å². The molecule has 26 heavy (non-hydrogen) atoms. The van der Waals surface area contributed by atoms with E-state index in [2.05, 4.69) is 36.5 Å². The maximum atomic E-state index is 11.9. The van der Waals surface area contributed by atoms with Crippen molar-refractivity contribution in [1.29, 1.82) is 0 Å². The molecule has 2 aromatic carbocycles. The highest BCUT2D eigenvalue weighted by Gasteiger charge is 2.12. The second kappa shape index (κ2) is 8.38. The van der Waals surface area contributed by atoms with Crippen LogP contribution in [-0.2, 0) is 9.63 Å². The first kappa shape index (κ1) is 17.8. The molecule has 0 aromatic heterocycles. The molecule has 1 heterocycles. The van der Waals surface area contributed by atoms with E-state index >= 15 is 0 Å². The number of ether oxygens (including phenoxy) is 2. The predicted octanol–water partition coefficient (Wildman–Crippen LogP) is 3.57. The molecule has 0 spiro atoms. The number of benzene rings is 2. The summed E-state index contributed by atoms with van der Waals surface area (Å²) in [5.41, 5.74) is 2.81. The fraction of sp³-hybridized carbons (Fsp3) is 0.300. The van der Waals surface area contributed by atoms with E-state index in [-0.39, 0.29) is 12.5 Å². The molecule has 1 aliphatic heterocycles. The number of nitrogens with one attached hydrogen (secondary N) is 1. The molecule has 0 radical (unpaired) electrons. The molecule has 6 heteroatoms. The van der Waals surface area contributed by atoms with Crippen molar-refractivity contribution in [2.45, 2.75) is 19.8 Å². The first-order chi connectivity index (χ1) is 12.6. The van der Waals surface area contributed by atoms with Crippen molar-refractivity contribution < 1.29 is 19.1 Å². The molecule has 3 rings (SSSR count). The van der Waals surface area contributed by atoms with Crippen LogP contribution in [0.3, 0.4) is 0 Å². The Morgan fingerprint density at radius 3 is 2.62 bits per heavy atom. The Bertz CT molecular complexity index is 785. The summed E-state index contributed by atoms with van der Waals surface area (Å²) in [6.45, 7) is 5.15. The molecule has 0 unspecified atom stereocenters. The second-order valence-corrected chi connectivity index (χ2v) is 6.24. The molecule has 0 atom stereocenters. The van der Waals surface area contributed by atoms with Crippen LogP contribution in [0.15, 0.2) is 47.6 Å². The third-order valence-electron chi connectivity index (χ3n) is 3.90. The van der Waals surface area contributed by atoms with Gasteiger partial charge in [0.05, 0.1) is 6.21 Å². The van der Waals surface area contributed by atoms with Crippen molar-refractivity contribution in [2.75, 3.05) is 25.1 Å². The van der Waals surface area contributed by atoms with Crippen LogP contribution in [0.1, 0.15) is 30.9 Å². The van der Waals surface area contributed by atoms with Gasteiger partial charge >= 0.3 is 0 Å². The summed E-state index contributed by atoms with van der Waals surface area (Å²) in [6.07, 6.45) is 1.58. The van der Waals surface area contributed by atoms with Gasteiger partial charge in [-0.2, -0.15) is 0 Å². The average molecular weight is 354 g/mol. The quantitative estimate of drug-likeness (QED) is 0.636. The molecule has 0 saturated carbocycles. The molecular formula is C20H22N2O4. The van der Waals surface area contributed by atoms with E-state index in [0.29, 0.717) is 36.3 Å². The highest BCUT2D eigenvalue weighted by molar-refractivity contribution is 5.92. The fourth-order valence-electron chi connectivity index (χ4n) is 2.48. The number of oxime groups is 1. The Balaban J connectivity index is 1.46. The van der Waals surface area contributed by atoms with Crippen molar-refractivity contribution in [3.05, 3.63) is 53.6 Å². The standard InChI is InChI=1S/C20H22N2O4/c1-14(2)16-5-3-15(4-6-16)12-21-26-13-20(23)22-17-7-8-18-19(11-17)25-10-9-24-18/h3-8,11-12,14H,9-10,13H2,1-2H3,(H,22,23)/b21-12-. The number of anilines is 1. The van der Waals surface area contributed by atoms with Gasteiger partial charge in [-0.25, -0.2) is 0 Å². The zero-order valence-electron chi connectivity index (χ0n) is 14.9. The molecule has 136 valence electrons. The summed E-state index contributed by atoms with van der Waals surface area (Å²) in [4.78, 5) is 17.0. The lowest BCUT2D eigenvalue weighted by molar-refractivity contribution is -0.120. The molecule has 0 bridgehead atoms. The van der Waals surface area contributed by atoms with Crippen LogP contribution in [0.2, 0.25) is 0 Å². The van der Waals surface area contributed by atoms with Gasteiger partial charge < -0.3 is 19.6 Å². The number of hydrogen-bond acceptors (Lipinski definition) is 5. The summed E-state index contributed by atoms with van der Waals surface area (Å²) in [5, 5.41) is 6.57. The highest BCUT2D eigenvalue weighted by Crippen LogP contribution is 2.32. The van der Waals surface area contributed by atoms with Crippen LogP contribution in [0.25, 0.3) is 0 Å². The van der Waals surface area contributed by atoms with Gasteiger partial charge in [0.2, 0.25) is 0 Å². The van der Waals surface area contributed by atoms with Crippen LogP contribution in [0.5, 0.6) is 11.5 Å². The smallest absolute Gasteiger partial charge is 0.265 e. The normalized spacial score (nSPS) is 13.0. The van der Waals surface area contributed by atoms with Gasteiger partial charge in [-0.3, -0.25) is 4.79 Å². The lowest BCUT2D eigenvalue weighted by Gasteiger charge is -2.18. The van der Waals surface area contributed by atoms with Gasteiger partial charge in [-0.05, 0) is 29.2 Å². The molecule has 1 amide bonds. The number of carbonyl (C=O) groups excluding carboxylic acids is 1. The van der Waals surface area contributed by atoms with Gasteiger partial charge in [0.25, 0.3) is 5.91 Å². The third-order valence-corrected chi connectivity index (χ3v) is 3.90. The van der Waals surface area contributed by atoms with Crippen molar-refractivity contribution in [3.63, 3.8) is 0 Å². The van der Waals surface area contributed by atoms with E-state index in [1.165, 1.54) is 5.56 Å². The molecule has 0 saturated heterocycles. The lowest BCUT2D eigenvalue weighted by Crippen LogP contribution is -2.18. The maximum absolute atomic E-state index is 11.9. The van der Waals surface area contributed by atoms with E-state index in [1.54, 1.807) is 24.4 Å². The summed E-state index contributed by atoms with van der Waals surface area (Å²) in [5.74, 6) is 1.49. The fourth-order valence-corrected chi connectivity index (χ4v) is 2.48. The minimum absolute atomic E-state index is 0.172. The van der Waals surface area contributed by atoms with Gasteiger partial charge in [0.15, 0.2) is 18.1 Å². The Labute approximate surface area is 152 Å². The van der Waals surface area contributed by atoms with Crippen molar-refractivity contribution >= 4 is 17.8 Å². The zero-order valence-corrected chi connectivity index (χ0v) is 14.9. The first-order valence-electron chi connectivity index (χ1n) is 8.56. The molecule has 1 aliphatic rings. The molecule has 0 aliphatic carbocycles. The lowest BCUT2D eigenvalue weighted by atomic mass is 10.0. The number of hydrogen-bond donors (Lipinski definition) is 1. The monoisotopic (exact) mass is 354 g/mol. The van der Waals surface area contributed by atoms with Crippen molar-refractivity contribution in [1.82, 2.24) is 0 Å². The summed E-state index contributed by atoms with van der Waals surface area (Å²) >= 11 is 0. The van der Waals surface area contributed by atoms with Crippen molar-refractivity contribution in [3.8, 4) is 11.5 Å². The Morgan fingerprint density at radius 2 is 1.88 bits per heavy atom. The zero-order chi connectivity index (χ0) is 18.4. The Hall–Kier alpha value is -3.02. The van der Waals surface area contributed by atoms with Crippen LogP contribution >= 0.6 is 0 Å². The van der Waals surface area contributed by atoms with Crippen LogP contribution in [0, 0.1) is 0 Å². The minimum atomic E-state index is -0.297. The largest absolute Gasteiger partial charge is 0.486 e. The number of nitrogens with zero attached hydrogens (tertiary/aromatic N) is 1. The summed E-state index contributed by atoms with van der Waals surface area (Å²) in [7, 11) is 0. The number of amides is 1. The Kier molecular flexibility index (Phi) is 5.73. The van der Waals surface area contributed by atoms with Crippen LogP contribution < -0.4 is 14.8 Å². The van der Waals surface area contributed by atoms with E-state index < -0.39 is 0 Å². The first-order valence-corrected chi connectivity index (χ1v) is 8.56. The minimum Gasteiger partial charge on any atom is -0.486 e. The van der Waals surface area contributed by atoms with E-state index in [9.17, 15) is 4.79 Å². The Morgan fingerprint density at radius 1 is 1.15 bits per heavy atom. The average Bonchev–Trinajstić information content (AvgIpc) is 2.65. The van der Waals surface area contributed by atoms with Gasteiger partial charge in [0.1, 0.15) is 13.2 Å². The number of carbonyl (C=O) groups is 1. The molecular weight excluding hydrogens is 332 g/mol. The molecule has 6 nitrogen and oxygen atoms in total.